The lowest BCUT2D eigenvalue weighted by atomic mass is 9.95. The van der Waals surface area contributed by atoms with Crippen LogP contribution in [0.2, 0.25) is 0 Å². The van der Waals surface area contributed by atoms with Gasteiger partial charge in [0.15, 0.2) is 0 Å². The van der Waals surface area contributed by atoms with Crippen molar-refractivity contribution in [1.82, 2.24) is 5.32 Å². The average Bonchev–Trinajstić information content (AvgIpc) is 2.58. The Morgan fingerprint density at radius 3 is 2.21 bits per heavy atom. The van der Waals surface area contributed by atoms with Gasteiger partial charge in [-0.25, -0.2) is 13.6 Å². The Morgan fingerprint density at radius 1 is 1.04 bits per heavy atom. The number of aliphatic hydroxyl groups excluding tert-OH is 1. The second kappa shape index (κ2) is 8.39. The lowest BCUT2D eigenvalue weighted by Gasteiger charge is -2.21. The van der Waals surface area contributed by atoms with E-state index in [2.05, 4.69) is 17.4 Å². The van der Waals surface area contributed by atoms with Gasteiger partial charge in [0.2, 0.25) is 10.0 Å². The topological polar surface area (TPSA) is 92.4 Å². The Labute approximate surface area is 143 Å². The minimum absolute atomic E-state index is 0.0597. The summed E-state index contributed by atoms with van der Waals surface area (Å²) in [5.74, 6) is 0.224. The van der Waals surface area contributed by atoms with Crippen LogP contribution >= 0.6 is 0 Å². The van der Waals surface area contributed by atoms with E-state index in [1.807, 2.05) is 25.1 Å². The third-order valence-corrected chi connectivity index (χ3v) is 5.06. The first-order valence-electron chi connectivity index (χ1n) is 7.93. The molecule has 2 rings (SSSR count). The molecule has 2 aromatic carbocycles. The summed E-state index contributed by atoms with van der Waals surface area (Å²) in [6.45, 7) is 2.88. The van der Waals surface area contributed by atoms with E-state index in [-0.39, 0.29) is 23.5 Å². The maximum atomic E-state index is 11.3. The third-order valence-electron chi connectivity index (χ3n) is 4.13. The van der Waals surface area contributed by atoms with Crippen LogP contribution in [0.4, 0.5) is 0 Å². The fraction of sp³-hybridized carbons (Fsp3) is 0.333. The molecule has 0 amide bonds. The van der Waals surface area contributed by atoms with Crippen molar-refractivity contribution in [3.05, 3.63) is 65.7 Å². The smallest absolute Gasteiger partial charge is 0.238 e. The van der Waals surface area contributed by atoms with Crippen molar-refractivity contribution in [2.24, 2.45) is 5.14 Å². The summed E-state index contributed by atoms with van der Waals surface area (Å²) in [4.78, 5) is 0.112. The number of nitrogens with two attached hydrogens (primary N) is 1. The van der Waals surface area contributed by atoms with Crippen LogP contribution in [0.25, 0.3) is 0 Å². The standard InChI is InChI=1S/C18H24N2O3S/c1-14(15-7-9-18(10-8-15)24(19,22)23)20-13-17(11-12-21)16-5-3-2-4-6-16/h2-10,14,17,20-21H,11-13H2,1H3,(H2,19,22,23). The van der Waals surface area contributed by atoms with Gasteiger partial charge in [-0.2, -0.15) is 0 Å². The highest BCUT2D eigenvalue weighted by atomic mass is 32.2. The van der Waals surface area contributed by atoms with Crippen molar-refractivity contribution >= 4 is 10.0 Å². The van der Waals surface area contributed by atoms with E-state index in [4.69, 9.17) is 5.14 Å². The highest BCUT2D eigenvalue weighted by Gasteiger charge is 2.14. The molecule has 0 aliphatic rings. The minimum atomic E-state index is -3.66. The van der Waals surface area contributed by atoms with Gasteiger partial charge in [-0.3, -0.25) is 0 Å². The molecule has 0 spiro atoms. The Kier molecular flexibility index (Phi) is 6.51. The molecule has 2 unspecified atom stereocenters. The Bertz CT molecular complexity index is 731. The number of benzene rings is 2. The molecule has 0 saturated heterocycles. The summed E-state index contributed by atoms with van der Waals surface area (Å²) >= 11 is 0. The SMILES string of the molecule is CC(NCC(CCO)c1ccccc1)c1ccc(S(N)(=O)=O)cc1. The summed E-state index contributed by atoms with van der Waals surface area (Å²) in [6.07, 6.45) is 0.689. The van der Waals surface area contributed by atoms with Crippen molar-refractivity contribution in [2.45, 2.75) is 30.2 Å². The number of nitrogens with one attached hydrogen (secondary N) is 1. The van der Waals surface area contributed by atoms with Gasteiger partial charge < -0.3 is 10.4 Å². The molecular formula is C18H24N2O3S. The van der Waals surface area contributed by atoms with Gasteiger partial charge in [-0.1, -0.05) is 42.5 Å². The molecule has 0 saturated carbocycles. The predicted octanol–water partition coefficient (Wildman–Crippen LogP) is 2.15. The highest BCUT2D eigenvalue weighted by Crippen LogP contribution is 2.21. The normalized spacial score (nSPS) is 14.3. The highest BCUT2D eigenvalue weighted by molar-refractivity contribution is 7.89. The van der Waals surface area contributed by atoms with Crippen LogP contribution in [0.15, 0.2) is 59.5 Å². The quantitative estimate of drug-likeness (QED) is 0.681. The summed E-state index contributed by atoms with van der Waals surface area (Å²) < 4.78 is 22.6. The Hall–Kier alpha value is -1.73. The molecule has 5 nitrogen and oxygen atoms in total. The average molecular weight is 348 g/mol. The summed E-state index contributed by atoms with van der Waals surface area (Å²) in [6, 6.07) is 16.7. The fourth-order valence-electron chi connectivity index (χ4n) is 2.65. The molecule has 6 heteroatoms. The summed E-state index contributed by atoms with van der Waals surface area (Å²) in [5, 5.41) is 17.9. The molecule has 0 aromatic heterocycles. The Morgan fingerprint density at radius 2 is 1.67 bits per heavy atom. The van der Waals surface area contributed by atoms with Gasteiger partial charge in [0, 0.05) is 19.2 Å². The number of hydrogen-bond acceptors (Lipinski definition) is 4. The minimum Gasteiger partial charge on any atom is -0.396 e. The van der Waals surface area contributed by atoms with E-state index in [1.54, 1.807) is 12.1 Å². The number of aliphatic hydroxyl groups is 1. The largest absolute Gasteiger partial charge is 0.396 e. The molecule has 2 aromatic rings. The van der Waals surface area contributed by atoms with E-state index in [1.165, 1.54) is 17.7 Å². The summed E-state index contributed by atoms with van der Waals surface area (Å²) in [5.41, 5.74) is 2.18. The van der Waals surface area contributed by atoms with Crippen LogP contribution in [-0.2, 0) is 10.0 Å². The van der Waals surface area contributed by atoms with Crippen LogP contribution in [0, 0.1) is 0 Å². The molecular weight excluding hydrogens is 324 g/mol. The van der Waals surface area contributed by atoms with Gasteiger partial charge in [-0.15, -0.1) is 0 Å². The zero-order chi connectivity index (χ0) is 17.6. The van der Waals surface area contributed by atoms with E-state index in [0.29, 0.717) is 6.42 Å². The van der Waals surface area contributed by atoms with Crippen LogP contribution < -0.4 is 10.5 Å². The molecule has 0 bridgehead atoms. The number of rotatable bonds is 8. The van der Waals surface area contributed by atoms with Crippen molar-refractivity contribution in [3.63, 3.8) is 0 Å². The van der Waals surface area contributed by atoms with Gasteiger partial charge in [0.05, 0.1) is 4.90 Å². The molecule has 130 valence electrons. The predicted molar refractivity (Wildman–Crippen MR) is 95.1 cm³/mol. The summed E-state index contributed by atoms with van der Waals surface area (Å²) in [7, 11) is -3.66. The molecule has 0 heterocycles. The third kappa shape index (κ3) is 5.14. The first kappa shape index (κ1) is 18.6. The van der Waals surface area contributed by atoms with Crippen molar-refractivity contribution in [2.75, 3.05) is 13.2 Å². The lowest BCUT2D eigenvalue weighted by molar-refractivity contribution is 0.272. The van der Waals surface area contributed by atoms with Crippen LogP contribution in [0.3, 0.4) is 0 Å². The molecule has 24 heavy (non-hydrogen) atoms. The van der Waals surface area contributed by atoms with Crippen LogP contribution in [-0.4, -0.2) is 26.7 Å². The van der Waals surface area contributed by atoms with E-state index in [9.17, 15) is 13.5 Å². The molecule has 0 fully saturated rings. The maximum absolute atomic E-state index is 11.3. The zero-order valence-electron chi connectivity index (χ0n) is 13.7. The van der Waals surface area contributed by atoms with Gasteiger partial charge in [-0.05, 0) is 42.5 Å². The van der Waals surface area contributed by atoms with Gasteiger partial charge in [0.25, 0.3) is 0 Å². The van der Waals surface area contributed by atoms with E-state index >= 15 is 0 Å². The van der Waals surface area contributed by atoms with Crippen molar-refractivity contribution in [1.29, 1.82) is 0 Å². The molecule has 4 N–H and O–H groups in total. The van der Waals surface area contributed by atoms with Crippen molar-refractivity contribution < 1.29 is 13.5 Å². The van der Waals surface area contributed by atoms with E-state index < -0.39 is 10.0 Å². The van der Waals surface area contributed by atoms with Crippen molar-refractivity contribution in [3.8, 4) is 0 Å². The second-order valence-corrected chi connectivity index (χ2v) is 7.43. The molecule has 0 aliphatic carbocycles. The van der Waals surface area contributed by atoms with Gasteiger partial charge >= 0.3 is 0 Å². The monoisotopic (exact) mass is 348 g/mol. The number of hydrogen-bond donors (Lipinski definition) is 3. The van der Waals surface area contributed by atoms with E-state index in [0.717, 1.165) is 12.1 Å². The second-order valence-electron chi connectivity index (χ2n) is 5.86. The fourth-order valence-corrected chi connectivity index (χ4v) is 3.17. The first-order valence-corrected chi connectivity index (χ1v) is 9.48. The first-order chi connectivity index (χ1) is 11.4. The Balaban J connectivity index is 2.01. The number of sulfonamides is 1. The van der Waals surface area contributed by atoms with Crippen LogP contribution in [0.1, 0.15) is 36.4 Å². The molecule has 0 aliphatic heterocycles. The molecule has 0 radical (unpaired) electrons. The van der Waals surface area contributed by atoms with Crippen LogP contribution in [0.5, 0.6) is 0 Å². The maximum Gasteiger partial charge on any atom is 0.238 e. The lowest BCUT2D eigenvalue weighted by Crippen LogP contribution is -2.25. The molecule has 2 atom stereocenters. The number of primary sulfonamides is 1. The van der Waals surface area contributed by atoms with Gasteiger partial charge in [0.1, 0.15) is 0 Å². The zero-order valence-corrected chi connectivity index (χ0v) is 14.5.